The summed E-state index contributed by atoms with van der Waals surface area (Å²) in [6.45, 7) is 8.67. The molecule has 0 heteroatoms. The Bertz CT molecular complexity index is 136. The van der Waals surface area contributed by atoms with E-state index in [2.05, 4.69) is 32.6 Å². The lowest BCUT2D eigenvalue weighted by Gasteiger charge is -2.13. The summed E-state index contributed by atoms with van der Waals surface area (Å²) >= 11 is 0. The standard InChI is InChI=1S/C11H20/c1-5-7-9-11(4)10(3)8-6-2/h10-11H,5,7,9H2,1-4H3. The van der Waals surface area contributed by atoms with Crippen LogP contribution in [-0.4, -0.2) is 0 Å². The summed E-state index contributed by atoms with van der Waals surface area (Å²) in [5, 5.41) is 0. The number of hydrogen-bond acceptors (Lipinski definition) is 0. The summed E-state index contributed by atoms with van der Waals surface area (Å²) in [7, 11) is 0. The molecule has 0 aliphatic rings. The highest BCUT2D eigenvalue weighted by molar-refractivity contribution is 5.00. The van der Waals surface area contributed by atoms with Crippen molar-refractivity contribution in [1.82, 2.24) is 0 Å². The van der Waals surface area contributed by atoms with Crippen molar-refractivity contribution in [2.75, 3.05) is 0 Å². The van der Waals surface area contributed by atoms with Gasteiger partial charge in [-0.1, -0.05) is 33.6 Å². The third-order valence-corrected chi connectivity index (χ3v) is 2.24. The average Bonchev–Trinajstić information content (AvgIpc) is 2.00. The fourth-order valence-electron chi connectivity index (χ4n) is 1.15. The number of unbranched alkanes of at least 4 members (excludes halogenated alkanes) is 1. The molecule has 0 saturated carbocycles. The van der Waals surface area contributed by atoms with Crippen LogP contribution in [0.3, 0.4) is 0 Å². The molecule has 0 aliphatic heterocycles. The van der Waals surface area contributed by atoms with Crippen LogP contribution >= 0.6 is 0 Å². The van der Waals surface area contributed by atoms with Crippen molar-refractivity contribution in [3.8, 4) is 11.8 Å². The van der Waals surface area contributed by atoms with Crippen LogP contribution < -0.4 is 0 Å². The number of hydrogen-bond donors (Lipinski definition) is 0. The Kier molecular flexibility index (Phi) is 6.03. The molecule has 0 fully saturated rings. The van der Waals surface area contributed by atoms with E-state index in [0.717, 1.165) is 5.92 Å². The molecule has 0 saturated heterocycles. The molecule has 64 valence electrons. The minimum atomic E-state index is 0.576. The molecule has 0 aromatic heterocycles. The lowest BCUT2D eigenvalue weighted by Crippen LogP contribution is -2.05. The molecule has 0 nitrogen and oxygen atoms in total. The van der Waals surface area contributed by atoms with Crippen molar-refractivity contribution in [3.63, 3.8) is 0 Å². The smallest absolute Gasteiger partial charge is 0.0200 e. The normalized spacial score (nSPS) is 14.9. The number of rotatable bonds is 4. The topological polar surface area (TPSA) is 0 Å². The minimum Gasteiger partial charge on any atom is -0.106 e. The fourth-order valence-corrected chi connectivity index (χ4v) is 1.15. The molecular weight excluding hydrogens is 132 g/mol. The van der Waals surface area contributed by atoms with E-state index in [9.17, 15) is 0 Å². The van der Waals surface area contributed by atoms with Crippen molar-refractivity contribution in [2.24, 2.45) is 11.8 Å². The van der Waals surface area contributed by atoms with Gasteiger partial charge in [-0.2, -0.15) is 0 Å². The molecule has 0 aromatic carbocycles. The molecule has 0 amide bonds. The van der Waals surface area contributed by atoms with Crippen molar-refractivity contribution in [1.29, 1.82) is 0 Å². The van der Waals surface area contributed by atoms with Gasteiger partial charge in [0.25, 0.3) is 0 Å². The summed E-state index contributed by atoms with van der Waals surface area (Å²) in [6.07, 6.45) is 3.97. The summed E-state index contributed by atoms with van der Waals surface area (Å²) in [4.78, 5) is 0. The van der Waals surface area contributed by atoms with Gasteiger partial charge in [0.1, 0.15) is 0 Å². The van der Waals surface area contributed by atoms with E-state index in [1.54, 1.807) is 0 Å². The first kappa shape index (κ1) is 10.6. The summed E-state index contributed by atoms with van der Waals surface area (Å²) in [6, 6.07) is 0. The molecule has 11 heavy (non-hydrogen) atoms. The van der Waals surface area contributed by atoms with Crippen LogP contribution in [-0.2, 0) is 0 Å². The Labute approximate surface area is 71.4 Å². The predicted octanol–water partition coefficient (Wildman–Crippen LogP) is 3.47. The molecule has 0 aliphatic carbocycles. The van der Waals surface area contributed by atoms with Crippen LogP contribution in [0.5, 0.6) is 0 Å². The third-order valence-electron chi connectivity index (χ3n) is 2.24. The van der Waals surface area contributed by atoms with Gasteiger partial charge < -0.3 is 0 Å². The molecule has 0 radical (unpaired) electrons. The molecule has 0 N–H and O–H groups in total. The van der Waals surface area contributed by atoms with Crippen LogP contribution in [0, 0.1) is 23.7 Å². The van der Waals surface area contributed by atoms with Gasteiger partial charge in [0, 0.05) is 5.92 Å². The molecule has 0 aromatic rings. The van der Waals surface area contributed by atoms with Crippen LogP contribution in [0.15, 0.2) is 0 Å². The zero-order valence-electron chi connectivity index (χ0n) is 8.28. The monoisotopic (exact) mass is 152 g/mol. The molecular formula is C11H20. The van der Waals surface area contributed by atoms with E-state index >= 15 is 0 Å². The fraction of sp³-hybridized carbons (Fsp3) is 0.818. The maximum Gasteiger partial charge on any atom is 0.0200 e. The zero-order chi connectivity index (χ0) is 8.69. The summed E-state index contributed by atoms with van der Waals surface area (Å²) in [5.41, 5.74) is 0. The first-order valence-electron chi connectivity index (χ1n) is 4.64. The van der Waals surface area contributed by atoms with Crippen LogP contribution in [0.1, 0.15) is 47.0 Å². The van der Waals surface area contributed by atoms with Gasteiger partial charge in [-0.25, -0.2) is 0 Å². The Morgan fingerprint density at radius 2 is 1.91 bits per heavy atom. The van der Waals surface area contributed by atoms with Gasteiger partial charge in [-0.15, -0.1) is 11.8 Å². The van der Waals surface area contributed by atoms with E-state index in [4.69, 9.17) is 0 Å². The first-order valence-corrected chi connectivity index (χ1v) is 4.64. The highest BCUT2D eigenvalue weighted by atomic mass is 14.1. The van der Waals surface area contributed by atoms with Crippen LogP contribution in [0.4, 0.5) is 0 Å². The van der Waals surface area contributed by atoms with Gasteiger partial charge in [-0.3, -0.25) is 0 Å². The second kappa shape index (κ2) is 6.28. The lowest BCUT2D eigenvalue weighted by molar-refractivity contribution is 0.424. The second-order valence-electron chi connectivity index (χ2n) is 3.30. The van der Waals surface area contributed by atoms with Crippen LogP contribution in [0.2, 0.25) is 0 Å². The van der Waals surface area contributed by atoms with Crippen molar-refractivity contribution in [2.45, 2.75) is 47.0 Å². The largest absolute Gasteiger partial charge is 0.106 e. The predicted molar refractivity (Wildman–Crippen MR) is 51.3 cm³/mol. The quantitative estimate of drug-likeness (QED) is 0.541. The van der Waals surface area contributed by atoms with E-state index in [1.165, 1.54) is 19.3 Å². The maximum atomic E-state index is 3.20. The van der Waals surface area contributed by atoms with Crippen molar-refractivity contribution >= 4 is 0 Å². The van der Waals surface area contributed by atoms with Gasteiger partial charge >= 0.3 is 0 Å². The van der Waals surface area contributed by atoms with E-state index in [1.807, 2.05) is 6.92 Å². The maximum absolute atomic E-state index is 3.20. The van der Waals surface area contributed by atoms with Crippen molar-refractivity contribution < 1.29 is 0 Å². The van der Waals surface area contributed by atoms with Gasteiger partial charge in [0.15, 0.2) is 0 Å². The Hall–Kier alpha value is -0.440. The Balaban J connectivity index is 3.60. The zero-order valence-corrected chi connectivity index (χ0v) is 8.28. The molecule has 0 rings (SSSR count). The van der Waals surface area contributed by atoms with E-state index in [-0.39, 0.29) is 0 Å². The van der Waals surface area contributed by atoms with Crippen LogP contribution in [0.25, 0.3) is 0 Å². The SMILES string of the molecule is CC#CC(C)C(C)CCCC. The van der Waals surface area contributed by atoms with E-state index < -0.39 is 0 Å². The molecule has 0 heterocycles. The lowest BCUT2D eigenvalue weighted by atomic mass is 9.92. The van der Waals surface area contributed by atoms with E-state index in [0.29, 0.717) is 5.92 Å². The first-order chi connectivity index (χ1) is 5.22. The Morgan fingerprint density at radius 1 is 1.27 bits per heavy atom. The summed E-state index contributed by atoms with van der Waals surface area (Å²) in [5.74, 6) is 7.52. The molecule has 0 bridgehead atoms. The van der Waals surface area contributed by atoms with Gasteiger partial charge in [-0.05, 0) is 19.3 Å². The Morgan fingerprint density at radius 3 is 2.36 bits per heavy atom. The van der Waals surface area contributed by atoms with Gasteiger partial charge in [0.05, 0.1) is 0 Å². The minimum absolute atomic E-state index is 0.576. The molecule has 2 atom stereocenters. The molecule has 0 spiro atoms. The van der Waals surface area contributed by atoms with Crippen molar-refractivity contribution in [3.05, 3.63) is 0 Å². The highest BCUT2D eigenvalue weighted by Gasteiger charge is 2.07. The average molecular weight is 152 g/mol. The highest BCUT2D eigenvalue weighted by Crippen LogP contribution is 2.16. The molecule has 2 unspecified atom stereocenters. The van der Waals surface area contributed by atoms with Gasteiger partial charge in [0.2, 0.25) is 0 Å². The third kappa shape index (κ3) is 4.90. The summed E-state index contributed by atoms with van der Waals surface area (Å²) < 4.78 is 0. The second-order valence-corrected chi connectivity index (χ2v) is 3.30.